The molecule has 0 aromatic heterocycles. The number of fused-ring (bicyclic) bond motifs is 5. The molecule has 0 amide bonds. The minimum atomic E-state index is -0.518. The second-order valence-electron chi connectivity index (χ2n) is 13.7. The molecule has 196 valence electrons. The van der Waals surface area contributed by atoms with E-state index in [1.165, 1.54) is 18.3 Å². The van der Waals surface area contributed by atoms with Crippen molar-refractivity contribution in [3.63, 3.8) is 0 Å². The van der Waals surface area contributed by atoms with Crippen LogP contribution in [0.25, 0.3) is 0 Å². The van der Waals surface area contributed by atoms with Crippen molar-refractivity contribution in [1.29, 1.82) is 0 Å². The summed E-state index contributed by atoms with van der Waals surface area (Å²) in [7, 11) is 1.48. The summed E-state index contributed by atoms with van der Waals surface area (Å²) in [6, 6.07) is 0. The van der Waals surface area contributed by atoms with Gasteiger partial charge in [-0.25, -0.2) is 0 Å². The topological polar surface area (TPSA) is 63.6 Å². The first-order chi connectivity index (χ1) is 16.2. The highest BCUT2D eigenvalue weighted by atomic mass is 16.5. The van der Waals surface area contributed by atoms with Crippen LogP contribution in [-0.4, -0.2) is 30.1 Å². The fourth-order valence-electron chi connectivity index (χ4n) is 9.48. The Morgan fingerprint density at radius 1 is 1.20 bits per heavy atom. The molecule has 0 aliphatic heterocycles. The highest BCUT2D eigenvalue weighted by Crippen LogP contribution is 2.73. The molecule has 4 rings (SSSR count). The smallest absolute Gasteiger partial charge is 0.309 e. The van der Waals surface area contributed by atoms with Gasteiger partial charge in [0.05, 0.1) is 19.1 Å². The normalized spacial score (nSPS) is 42.8. The Morgan fingerprint density at radius 2 is 1.89 bits per heavy atom. The highest BCUT2D eigenvalue weighted by Gasteiger charge is 2.68. The monoisotopic (exact) mass is 484 g/mol. The van der Waals surface area contributed by atoms with Crippen molar-refractivity contribution in [3.05, 3.63) is 23.3 Å². The van der Waals surface area contributed by atoms with E-state index < -0.39 is 6.10 Å². The minimum Gasteiger partial charge on any atom is -0.469 e. The first kappa shape index (κ1) is 26.6. The van der Waals surface area contributed by atoms with Crippen LogP contribution in [0.5, 0.6) is 0 Å². The average molecular weight is 485 g/mol. The van der Waals surface area contributed by atoms with E-state index in [2.05, 4.69) is 60.6 Å². The number of Topliss-reactive ketones (excluding diaryl/α,β-unsaturated/α-hetero) is 1. The molecular weight excluding hydrogens is 436 g/mol. The third-order valence-corrected chi connectivity index (χ3v) is 11.6. The van der Waals surface area contributed by atoms with Crippen molar-refractivity contribution < 1.29 is 19.4 Å². The van der Waals surface area contributed by atoms with E-state index in [9.17, 15) is 14.7 Å². The summed E-state index contributed by atoms with van der Waals surface area (Å²) in [5, 5.41) is 11.6. The number of aliphatic hydroxyl groups excluding tert-OH is 1. The maximum absolute atomic E-state index is 13.1. The number of carbonyl (C=O) groups is 2. The average Bonchev–Trinajstić information content (AvgIpc) is 2.99. The van der Waals surface area contributed by atoms with E-state index >= 15 is 0 Å². The van der Waals surface area contributed by atoms with Crippen LogP contribution in [0.4, 0.5) is 0 Å². The van der Waals surface area contributed by atoms with Gasteiger partial charge < -0.3 is 9.84 Å². The Hall–Kier alpha value is -1.42. The maximum atomic E-state index is 13.1. The number of hydrogen-bond donors (Lipinski definition) is 1. The Balaban J connectivity index is 1.72. The fourth-order valence-corrected chi connectivity index (χ4v) is 9.48. The van der Waals surface area contributed by atoms with Crippen LogP contribution in [0.15, 0.2) is 23.3 Å². The van der Waals surface area contributed by atoms with Gasteiger partial charge in [-0.05, 0) is 86.9 Å². The molecule has 4 aliphatic rings. The molecule has 3 fully saturated rings. The van der Waals surface area contributed by atoms with Crippen molar-refractivity contribution in [3.8, 4) is 0 Å². The third kappa shape index (κ3) is 3.80. The van der Waals surface area contributed by atoms with Crippen LogP contribution in [0, 0.1) is 45.3 Å². The van der Waals surface area contributed by atoms with Gasteiger partial charge in [0, 0.05) is 17.8 Å². The van der Waals surface area contributed by atoms with E-state index in [1.807, 2.05) is 0 Å². The summed E-state index contributed by atoms with van der Waals surface area (Å²) in [5.41, 5.74) is 2.27. The first-order valence-electron chi connectivity index (χ1n) is 13.9. The summed E-state index contributed by atoms with van der Waals surface area (Å²) >= 11 is 0. The van der Waals surface area contributed by atoms with Gasteiger partial charge in [0.25, 0.3) is 0 Å². The van der Waals surface area contributed by atoms with Gasteiger partial charge >= 0.3 is 5.97 Å². The minimum absolute atomic E-state index is 0.109. The van der Waals surface area contributed by atoms with Crippen molar-refractivity contribution in [2.75, 3.05) is 7.11 Å². The lowest BCUT2D eigenvalue weighted by Crippen LogP contribution is -2.57. The fraction of sp³-hybridized carbons (Fsp3) is 0.806. The molecule has 4 nitrogen and oxygen atoms in total. The summed E-state index contributed by atoms with van der Waals surface area (Å²) in [5.74, 6) is 0.639. The largest absolute Gasteiger partial charge is 0.469 e. The molecule has 3 saturated carbocycles. The van der Waals surface area contributed by atoms with Crippen LogP contribution in [0.1, 0.15) is 99.8 Å². The van der Waals surface area contributed by atoms with Gasteiger partial charge in [0.1, 0.15) is 5.78 Å². The van der Waals surface area contributed by atoms with Crippen LogP contribution in [0.2, 0.25) is 0 Å². The van der Waals surface area contributed by atoms with Crippen LogP contribution < -0.4 is 0 Å². The summed E-state index contributed by atoms with van der Waals surface area (Å²) < 4.78 is 5.30. The predicted molar refractivity (Wildman–Crippen MR) is 140 cm³/mol. The Kier molecular flexibility index (Phi) is 6.74. The molecule has 0 bridgehead atoms. The van der Waals surface area contributed by atoms with Crippen LogP contribution in [0.3, 0.4) is 0 Å². The van der Waals surface area contributed by atoms with E-state index in [-0.39, 0.29) is 39.5 Å². The zero-order valence-electron chi connectivity index (χ0n) is 23.4. The van der Waals surface area contributed by atoms with E-state index in [0.29, 0.717) is 36.9 Å². The zero-order chi connectivity index (χ0) is 26.0. The molecule has 35 heavy (non-hydrogen) atoms. The Morgan fingerprint density at radius 3 is 2.51 bits per heavy atom. The molecule has 0 heterocycles. The zero-order valence-corrected chi connectivity index (χ0v) is 23.4. The molecule has 1 N–H and O–H groups in total. The van der Waals surface area contributed by atoms with Gasteiger partial charge in [0.2, 0.25) is 0 Å². The molecule has 8 atom stereocenters. The maximum Gasteiger partial charge on any atom is 0.309 e. The van der Waals surface area contributed by atoms with E-state index in [0.717, 1.165) is 32.1 Å². The van der Waals surface area contributed by atoms with Gasteiger partial charge in [-0.3, -0.25) is 9.59 Å². The molecule has 0 aromatic carbocycles. The third-order valence-electron chi connectivity index (χ3n) is 11.6. The number of carbonyl (C=O) groups excluding carboxylic acids is 2. The molecule has 0 aromatic rings. The van der Waals surface area contributed by atoms with E-state index in [4.69, 9.17) is 4.74 Å². The number of esters is 1. The van der Waals surface area contributed by atoms with Gasteiger partial charge in [-0.2, -0.15) is 0 Å². The number of allylic oxidation sites excluding steroid dienone is 4. The van der Waals surface area contributed by atoms with E-state index in [1.54, 1.807) is 0 Å². The first-order valence-corrected chi connectivity index (χ1v) is 13.9. The van der Waals surface area contributed by atoms with Gasteiger partial charge in [-0.1, -0.05) is 57.9 Å². The second-order valence-corrected chi connectivity index (χ2v) is 13.7. The molecule has 0 spiro atoms. The highest BCUT2D eigenvalue weighted by molar-refractivity contribution is 5.85. The summed E-state index contributed by atoms with van der Waals surface area (Å²) in [4.78, 5) is 25.9. The van der Waals surface area contributed by atoms with Crippen molar-refractivity contribution >= 4 is 11.8 Å². The number of ether oxygens (including phenoxy) is 1. The molecule has 0 saturated heterocycles. The lowest BCUT2D eigenvalue weighted by molar-refractivity contribution is -0.154. The standard InChI is InChI=1S/C31H48O4/c1-19(2)10-9-11-20(27(34)35-8)26-23(32)18-31(7)22-12-13-24-28(3,4)25(33)15-16-29(24,5)21(22)14-17-30(26,31)6/h10,12,20-21,23-24,26,32H,9,11,13-18H2,1-8H3/t20?,21-,23-,24-,26+,29+,30-,31+/m0/s1. The molecular formula is C31H48O4. The number of hydrogen-bond acceptors (Lipinski definition) is 4. The SMILES string of the molecule is COC(=O)C(CCC=C(C)C)[C@@H]1[C@@H](O)C[C@]2(C)C3=CC[C@H]4C(C)(C)C(=O)CC[C@]4(C)[C@H]3CC[C@@]12C. The van der Waals surface area contributed by atoms with Crippen molar-refractivity contribution in [2.24, 2.45) is 45.3 Å². The Labute approximate surface area is 213 Å². The number of aliphatic hydroxyl groups is 1. The number of ketones is 1. The molecule has 4 heteroatoms. The Bertz CT molecular complexity index is 940. The van der Waals surface area contributed by atoms with Crippen molar-refractivity contribution in [1.82, 2.24) is 0 Å². The van der Waals surface area contributed by atoms with Crippen molar-refractivity contribution in [2.45, 2.75) is 106 Å². The predicted octanol–water partition coefficient (Wildman–Crippen LogP) is 6.67. The second kappa shape index (κ2) is 8.85. The number of rotatable bonds is 5. The van der Waals surface area contributed by atoms with Crippen LogP contribution in [-0.2, 0) is 14.3 Å². The quantitative estimate of drug-likeness (QED) is 0.350. The van der Waals surface area contributed by atoms with Crippen LogP contribution >= 0.6 is 0 Å². The molecule has 0 radical (unpaired) electrons. The van der Waals surface area contributed by atoms with Gasteiger partial charge in [0.15, 0.2) is 0 Å². The lowest BCUT2D eigenvalue weighted by Gasteiger charge is -2.63. The van der Waals surface area contributed by atoms with Gasteiger partial charge in [-0.15, -0.1) is 0 Å². The molecule has 1 unspecified atom stereocenters. The number of methoxy groups -OCH3 is 1. The summed E-state index contributed by atoms with van der Waals surface area (Å²) in [6.07, 6.45) is 11.0. The molecule has 4 aliphatic carbocycles. The summed E-state index contributed by atoms with van der Waals surface area (Å²) in [6.45, 7) is 15.6. The lowest BCUT2D eigenvalue weighted by atomic mass is 9.41.